The zero-order valence-electron chi connectivity index (χ0n) is 6.73. The molecule has 4 heteroatoms. The quantitative estimate of drug-likeness (QED) is 0.701. The van der Waals surface area contributed by atoms with Gasteiger partial charge in [-0.05, 0) is 12.5 Å². The fourth-order valence-electron chi connectivity index (χ4n) is 0.961. The molecule has 3 nitrogen and oxygen atoms in total. The molecule has 0 saturated heterocycles. The SMILES string of the molecule is CC(NS(=O)O)c1ccccc1. The van der Waals surface area contributed by atoms with Gasteiger partial charge < -0.3 is 0 Å². The van der Waals surface area contributed by atoms with E-state index in [1.54, 1.807) is 0 Å². The lowest BCUT2D eigenvalue weighted by molar-refractivity contribution is 0.536. The molecule has 66 valence electrons. The smallest absolute Gasteiger partial charge is 0.232 e. The highest BCUT2D eigenvalue weighted by Crippen LogP contribution is 2.10. The minimum absolute atomic E-state index is 0.1000. The summed E-state index contributed by atoms with van der Waals surface area (Å²) in [5.41, 5.74) is 1.000. The van der Waals surface area contributed by atoms with Crippen LogP contribution in [0.2, 0.25) is 0 Å². The van der Waals surface area contributed by atoms with Crippen LogP contribution in [0.1, 0.15) is 18.5 Å². The molecule has 1 rings (SSSR count). The van der Waals surface area contributed by atoms with Crippen LogP contribution in [0.3, 0.4) is 0 Å². The van der Waals surface area contributed by atoms with Crippen LogP contribution in [-0.2, 0) is 11.3 Å². The second kappa shape index (κ2) is 4.35. The average molecular weight is 185 g/mol. The minimum atomic E-state index is -1.95. The molecule has 0 saturated carbocycles. The highest BCUT2D eigenvalue weighted by molar-refractivity contribution is 7.77. The third kappa shape index (κ3) is 2.73. The number of nitrogens with one attached hydrogen (secondary N) is 1. The number of rotatable bonds is 3. The van der Waals surface area contributed by atoms with Gasteiger partial charge in [0.25, 0.3) is 0 Å². The molecule has 0 aliphatic carbocycles. The highest BCUT2D eigenvalue weighted by Gasteiger charge is 2.05. The van der Waals surface area contributed by atoms with E-state index in [9.17, 15) is 4.21 Å². The molecule has 0 bridgehead atoms. The largest absolute Gasteiger partial charge is 0.294 e. The van der Waals surface area contributed by atoms with Crippen LogP contribution in [0.15, 0.2) is 30.3 Å². The Morgan fingerprint density at radius 1 is 1.42 bits per heavy atom. The fourth-order valence-corrected chi connectivity index (χ4v) is 1.40. The van der Waals surface area contributed by atoms with Gasteiger partial charge in [0.15, 0.2) is 0 Å². The summed E-state index contributed by atoms with van der Waals surface area (Å²) in [7, 11) is 0. The van der Waals surface area contributed by atoms with Gasteiger partial charge in [-0.1, -0.05) is 30.3 Å². The predicted molar refractivity (Wildman–Crippen MR) is 48.8 cm³/mol. The maximum absolute atomic E-state index is 10.4. The van der Waals surface area contributed by atoms with Crippen LogP contribution in [0, 0.1) is 0 Å². The standard InChI is InChI=1S/C8H11NO2S/c1-7(9-12(10)11)8-5-3-2-4-6-8/h2-7,9H,1H3,(H,10,11). The van der Waals surface area contributed by atoms with Crippen molar-refractivity contribution in [2.45, 2.75) is 13.0 Å². The van der Waals surface area contributed by atoms with Gasteiger partial charge in [0.2, 0.25) is 11.3 Å². The maximum atomic E-state index is 10.4. The summed E-state index contributed by atoms with van der Waals surface area (Å²) in [6.07, 6.45) is 0. The molecule has 2 unspecified atom stereocenters. The number of hydrogen-bond acceptors (Lipinski definition) is 1. The molecular weight excluding hydrogens is 174 g/mol. The lowest BCUT2D eigenvalue weighted by Crippen LogP contribution is -2.20. The first-order valence-electron chi connectivity index (χ1n) is 3.62. The first-order valence-corrected chi connectivity index (χ1v) is 4.73. The second-order valence-corrected chi connectivity index (χ2v) is 3.23. The molecule has 0 aromatic heterocycles. The molecule has 12 heavy (non-hydrogen) atoms. The van der Waals surface area contributed by atoms with Gasteiger partial charge in [-0.2, -0.15) is 0 Å². The zero-order valence-corrected chi connectivity index (χ0v) is 7.54. The Morgan fingerprint density at radius 2 is 2.00 bits per heavy atom. The molecule has 0 fully saturated rings. The lowest BCUT2D eigenvalue weighted by atomic mass is 10.1. The van der Waals surface area contributed by atoms with Gasteiger partial charge in [0.05, 0.1) is 0 Å². The summed E-state index contributed by atoms with van der Waals surface area (Å²) >= 11 is -1.95. The van der Waals surface area contributed by atoms with E-state index in [2.05, 4.69) is 4.72 Å². The molecule has 0 radical (unpaired) electrons. The van der Waals surface area contributed by atoms with Crippen LogP contribution in [0.25, 0.3) is 0 Å². The Labute approximate surface area is 74.2 Å². The molecule has 0 amide bonds. The molecular formula is C8H11NO2S. The fraction of sp³-hybridized carbons (Fsp3) is 0.250. The first kappa shape index (κ1) is 9.38. The van der Waals surface area contributed by atoms with Crippen molar-refractivity contribution >= 4 is 11.3 Å². The van der Waals surface area contributed by atoms with E-state index in [-0.39, 0.29) is 6.04 Å². The van der Waals surface area contributed by atoms with Crippen LogP contribution >= 0.6 is 0 Å². The third-order valence-corrected chi connectivity index (χ3v) is 2.13. The van der Waals surface area contributed by atoms with Crippen LogP contribution in [-0.4, -0.2) is 8.76 Å². The first-order chi connectivity index (χ1) is 5.70. The van der Waals surface area contributed by atoms with Crippen molar-refractivity contribution in [2.75, 3.05) is 0 Å². The molecule has 1 aromatic carbocycles. The van der Waals surface area contributed by atoms with Crippen LogP contribution < -0.4 is 4.72 Å². The van der Waals surface area contributed by atoms with Gasteiger partial charge in [-0.25, -0.2) is 8.93 Å². The summed E-state index contributed by atoms with van der Waals surface area (Å²) in [4.78, 5) is 0. The van der Waals surface area contributed by atoms with E-state index in [0.717, 1.165) is 5.56 Å². The van der Waals surface area contributed by atoms with Gasteiger partial charge in [-0.3, -0.25) is 4.55 Å². The van der Waals surface area contributed by atoms with Gasteiger partial charge >= 0.3 is 0 Å². The van der Waals surface area contributed by atoms with Crippen LogP contribution in [0.5, 0.6) is 0 Å². The van der Waals surface area contributed by atoms with Crippen molar-refractivity contribution in [3.8, 4) is 0 Å². The van der Waals surface area contributed by atoms with E-state index in [1.165, 1.54) is 0 Å². The molecule has 0 spiro atoms. The Balaban J connectivity index is 2.65. The summed E-state index contributed by atoms with van der Waals surface area (Å²) < 4.78 is 21.4. The summed E-state index contributed by atoms with van der Waals surface area (Å²) in [5.74, 6) is 0. The monoisotopic (exact) mass is 185 g/mol. The third-order valence-electron chi connectivity index (χ3n) is 1.58. The summed E-state index contributed by atoms with van der Waals surface area (Å²) in [5, 5.41) is 0. The van der Waals surface area contributed by atoms with Crippen molar-refractivity contribution in [3.05, 3.63) is 35.9 Å². The molecule has 0 aliphatic rings. The molecule has 2 N–H and O–H groups in total. The second-order valence-electron chi connectivity index (χ2n) is 2.50. The Morgan fingerprint density at radius 3 is 2.50 bits per heavy atom. The molecule has 0 aliphatic heterocycles. The summed E-state index contributed by atoms with van der Waals surface area (Å²) in [6.45, 7) is 1.84. The van der Waals surface area contributed by atoms with E-state index in [4.69, 9.17) is 4.55 Å². The zero-order chi connectivity index (χ0) is 8.97. The minimum Gasteiger partial charge on any atom is -0.294 e. The lowest BCUT2D eigenvalue weighted by Gasteiger charge is -2.09. The van der Waals surface area contributed by atoms with Crippen molar-refractivity contribution in [1.82, 2.24) is 4.72 Å². The molecule has 1 aromatic rings. The van der Waals surface area contributed by atoms with Crippen molar-refractivity contribution < 1.29 is 8.76 Å². The normalized spacial score (nSPS) is 15.5. The van der Waals surface area contributed by atoms with Crippen molar-refractivity contribution in [3.63, 3.8) is 0 Å². The molecule has 0 heterocycles. The van der Waals surface area contributed by atoms with Gasteiger partial charge in [0.1, 0.15) is 0 Å². The maximum Gasteiger partial charge on any atom is 0.232 e. The topological polar surface area (TPSA) is 49.3 Å². The Kier molecular flexibility index (Phi) is 3.40. The molecule has 2 atom stereocenters. The highest BCUT2D eigenvalue weighted by atomic mass is 32.2. The Bertz CT molecular complexity index is 263. The van der Waals surface area contributed by atoms with Gasteiger partial charge in [-0.15, -0.1) is 0 Å². The van der Waals surface area contributed by atoms with Crippen molar-refractivity contribution in [2.24, 2.45) is 0 Å². The summed E-state index contributed by atoms with van der Waals surface area (Å²) in [6, 6.07) is 9.42. The Hall–Kier alpha value is -0.710. The number of hydrogen-bond donors (Lipinski definition) is 2. The van der Waals surface area contributed by atoms with E-state index in [0.29, 0.717) is 0 Å². The predicted octanol–water partition coefficient (Wildman–Crippen LogP) is 1.47. The van der Waals surface area contributed by atoms with Gasteiger partial charge in [0, 0.05) is 6.04 Å². The number of benzene rings is 1. The van der Waals surface area contributed by atoms with Crippen molar-refractivity contribution in [1.29, 1.82) is 0 Å². The van der Waals surface area contributed by atoms with E-state index >= 15 is 0 Å². The van der Waals surface area contributed by atoms with E-state index < -0.39 is 11.3 Å². The van der Waals surface area contributed by atoms with E-state index in [1.807, 2.05) is 37.3 Å². The van der Waals surface area contributed by atoms with Crippen LogP contribution in [0.4, 0.5) is 0 Å². The average Bonchev–Trinajstić information content (AvgIpc) is 2.05.